The molecule has 0 fully saturated rings. The van der Waals surface area contributed by atoms with Gasteiger partial charge in [0.15, 0.2) is 5.75 Å². The minimum atomic E-state index is -4.72. The Morgan fingerprint density at radius 3 is 2.33 bits per heavy atom. The van der Waals surface area contributed by atoms with Crippen LogP contribution in [0.25, 0.3) is 0 Å². The van der Waals surface area contributed by atoms with Crippen molar-refractivity contribution in [1.29, 1.82) is 0 Å². The Labute approximate surface area is 129 Å². The summed E-state index contributed by atoms with van der Waals surface area (Å²) in [5.74, 6) is -2.08. The molecule has 0 heterocycles. The molecule has 0 aliphatic carbocycles. The van der Waals surface area contributed by atoms with E-state index in [-0.39, 0.29) is 51.4 Å². The number of carbonyl (C=O) groups excluding carboxylic acids is 1. The van der Waals surface area contributed by atoms with Crippen LogP contribution in [0.15, 0.2) is 24.3 Å². The summed E-state index contributed by atoms with van der Waals surface area (Å²) in [6.45, 7) is 0. The van der Waals surface area contributed by atoms with Crippen LogP contribution in [0.4, 0.5) is 0 Å². The van der Waals surface area contributed by atoms with Crippen LogP contribution in [0.1, 0.15) is 10.4 Å². The van der Waals surface area contributed by atoms with Gasteiger partial charge in [0, 0.05) is 5.56 Å². The molecule has 15 heavy (non-hydrogen) atoms. The quantitative estimate of drug-likeness (QED) is 0.440. The van der Waals surface area contributed by atoms with E-state index in [1.165, 1.54) is 12.1 Å². The number of carboxylic acid groups (broad SMARTS) is 1. The second-order valence-electron chi connectivity index (χ2n) is 2.29. The van der Waals surface area contributed by atoms with E-state index in [9.17, 15) is 18.3 Å². The van der Waals surface area contributed by atoms with Crippen molar-refractivity contribution in [2.24, 2.45) is 0 Å². The molecule has 6 nitrogen and oxygen atoms in total. The number of hydrogen-bond acceptors (Lipinski definition) is 5. The van der Waals surface area contributed by atoms with Gasteiger partial charge in [0.1, 0.15) is 0 Å². The molecule has 0 radical (unpaired) electrons. The molecule has 76 valence electrons. The zero-order valence-electron chi connectivity index (χ0n) is 7.71. The number of benzene rings is 1. The second-order valence-corrected chi connectivity index (χ2v) is 3.32. The van der Waals surface area contributed by atoms with Gasteiger partial charge in [-0.2, -0.15) is 8.42 Å². The summed E-state index contributed by atoms with van der Waals surface area (Å²) < 4.78 is 32.9. The molecule has 8 heteroatoms. The largest absolute Gasteiger partial charge is 1.00 e. The topological polar surface area (TPSA) is 104 Å². The average Bonchev–Trinajstić information content (AvgIpc) is 2.01. The molecule has 1 aromatic rings. The molecule has 0 aromatic heterocycles. The third-order valence-electron chi connectivity index (χ3n) is 1.30. The fourth-order valence-corrected chi connectivity index (χ4v) is 1.19. The van der Waals surface area contributed by atoms with Crippen molar-refractivity contribution < 1.29 is 78.4 Å². The SMILES string of the molecule is O=C([O-])c1ccccc1OS(=O)(=O)O.[K+]. The van der Waals surface area contributed by atoms with Crippen LogP contribution in [0.3, 0.4) is 0 Å². The summed E-state index contributed by atoms with van der Waals surface area (Å²) in [5.41, 5.74) is -0.454. The Balaban J connectivity index is 0.00000196. The summed E-state index contributed by atoms with van der Waals surface area (Å²) >= 11 is 0. The van der Waals surface area contributed by atoms with Gasteiger partial charge in [-0.15, -0.1) is 0 Å². The van der Waals surface area contributed by atoms with Crippen LogP contribution in [0.2, 0.25) is 0 Å². The third-order valence-corrected chi connectivity index (χ3v) is 1.69. The Morgan fingerprint density at radius 1 is 1.33 bits per heavy atom. The molecule has 0 atom stereocenters. The minimum Gasteiger partial charge on any atom is -0.545 e. The number of para-hydroxylation sites is 1. The third kappa shape index (κ3) is 5.07. The van der Waals surface area contributed by atoms with Gasteiger partial charge < -0.3 is 14.1 Å². The van der Waals surface area contributed by atoms with E-state index in [0.717, 1.165) is 12.1 Å². The van der Waals surface area contributed by atoms with E-state index >= 15 is 0 Å². The van der Waals surface area contributed by atoms with Crippen LogP contribution in [0.5, 0.6) is 5.75 Å². The number of hydrogen-bond donors (Lipinski definition) is 1. The maximum Gasteiger partial charge on any atom is 1.00 e. The van der Waals surface area contributed by atoms with E-state index < -0.39 is 27.7 Å². The van der Waals surface area contributed by atoms with Gasteiger partial charge >= 0.3 is 61.8 Å². The molecule has 0 bridgehead atoms. The zero-order valence-corrected chi connectivity index (χ0v) is 11.6. The molecule has 1 aromatic carbocycles. The summed E-state index contributed by atoms with van der Waals surface area (Å²) in [4.78, 5) is 10.4. The summed E-state index contributed by atoms with van der Waals surface area (Å²) in [6, 6.07) is 4.89. The van der Waals surface area contributed by atoms with Crippen molar-refractivity contribution in [3.05, 3.63) is 29.8 Å². The first-order valence-electron chi connectivity index (χ1n) is 3.37. The predicted molar refractivity (Wildman–Crippen MR) is 42.9 cm³/mol. The molecular formula is C7H5KO6S. The minimum absolute atomic E-state index is 0. The van der Waals surface area contributed by atoms with Crippen LogP contribution in [-0.4, -0.2) is 18.9 Å². The number of rotatable bonds is 3. The predicted octanol–water partition coefficient (Wildman–Crippen LogP) is -3.76. The van der Waals surface area contributed by atoms with E-state index in [4.69, 9.17) is 4.55 Å². The van der Waals surface area contributed by atoms with E-state index in [1.807, 2.05) is 0 Å². The fraction of sp³-hybridized carbons (Fsp3) is 0. The zero-order chi connectivity index (χ0) is 10.8. The molecule has 0 aliphatic rings. The van der Waals surface area contributed by atoms with Gasteiger partial charge in [0.25, 0.3) is 0 Å². The van der Waals surface area contributed by atoms with Gasteiger partial charge in [0.2, 0.25) is 0 Å². The van der Waals surface area contributed by atoms with Crippen LogP contribution in [-0.2, 0) is 10.4 Å². The van der Waals surface area contributed by atoms with Gasteiger partial charge in [-0.25, -0.2) is 0 Å². The summed E-state index contributed by atoms with van der Waals surface area (Å²) in [6.07, 6.45) is 0. The number of carbonyl (C=O) groups is 1. The number of aromatic carboxylic acids is 1. The van der Waals surface area contributed by atoms with Crippen molar-refractivity contribution in [2.45, 2.75) is 0 Å². The van der Waals surface area contributed by atoms with Crippen molar-refractivity contribution in [3.8, 4) is 5.75 Å². The maximum absolute atomic E-state index is 10.4. The van der Waals surface area contributed by atoms with E-state index in [0.29, 0.717) is 0 Å². The van der Waals surface area contributed by atoms with Crippen LogP contribution >= 0.6 is 0 Å². The van der Waals surface area contributed by atoms with Crippen LogP contribution in [0, 0.1) is 0 Å². The molecule has 0 saturated carbocycles. The van der Waals surface area contributed by atoms with Crippen molar-refractivity contribution >= 4 is 16.4 Å². The first-order valence-corrected chi connectivity index (χ1v) is 4.74. The van der Waals surface area contributed by atoms with Gasteiger partial charge in [-0.05, 0) is 12.1 Å². The Morgan fingerprint density at radius 2 is 1.87 bits per heavy atom. The van der Waals surface area contributed by atoms with Crippen molar-refractivity contribution in [1.82, 2.24) is 0 Å². The summed E-state index contributed by atoms with van der Waals surface area (Å²) in [5, 5.41) is 10.4. The Hall–Kier alpha value is 0.0364. The first kappa shape index (κ1) is 15.0. The molecule has 0 spiro atoms. The maximum atomic E-state index is 10.4. The normalized spacial score (nSPS) is 10.2. The number of carboxylic acids is 1. The molecule has 0 aliphatic heterocycles. The first-order chi connectivity index (χ1) is 6.40. The Kier molecular flexibility index (Phi) is 5.96. The van der Waals surface area contributed by atoms with Crippen molar-refractivity contribution in [2.75, 3.05) is 0 Å². The monoisotopic (exact) mass is 256 g/mol. The molecule has 0 saturated heterocycles. The molecular weight excluding hydrogens is 251 g/mol. The molecule has 1 rings (SSSR count). The summed E-state index contributed by atoms with van der Waals surface area (Å²) in [7, 11) is -4.72. The van der Waals surface area contributed by atoms with Gasteiger partial charge in [0.05, 0.1) is 5.97 Å². The molecule has 1 N–H and O–H groups in total. The molecule has 0 amide bonds. The average molecular weight is 256 g/mol. The van der Waals surface area contributed by atoms with E-state index in [1.54, 1.807) is 0 Å². The smallest absolute Gasteiger partial charge is 0.545 e. The molecule has 0 unspecified atom stereocenters. The fourth-order valence-electron chi connectivity index (χ4n) is 0.821. The standard InChI is InChI=1S/C7H6O6S.K/c8-7(9)5-3-1-2-4-6(5)13-14(10,11)12;/h1-4H,(H,8,9)(H,10,11,12);/q;+1/p-1. The second kappa shape index (κ2) is 5.94. The van der Waals surface area contributed by atoms with E-state index in [2.05, 4.69) is 4.18 Å². The van der Waals surface area contributed by atoms with Crippen LogP contribution < -0.4 is 60.7 Å². The van der Waals surface area contributed by atoms with Crippen molar-refractivity contribution in [3.63, 3.8) is 0 Å². The Bertz CT molecular complexity index is 454. The van der Waals surface area contributed by atoms with Gasteiger partial charge in [-0.3, -0.25) is 4.55 Å². The van der Waals surface area contributed by atoms with Gasteiger partial charge in [-0.1, -0.05) is 12.1 Å².